The van der Waals surface area contributed by atoms with Crippen LogP contribution in [0.2, 0.25) is 0 Å². The molecule has 0 saturated heterocycles. The molecule has 1 unspecified atom stereocenters. The molecular weight excluding hydrogens is 318 g/mol. The number of rotatable bonds is 9. The SMILES string of the molecule is CCOC(=O)C(C#N)CC/C(=C/CCc1ccc2c(c1)OCO2)CC. The summed E-state index contributed by atoms with van der Waals surface area (Å²) in [7, 11) is 0. The van der Waals surface area contributed by atoms with Gasteiger partial charge in [0.15, 0.2) is 11.5 Å². The maximum atomic E-state index is 11.7. The van der Waals surface area contributed by atoms with Crippen LogP contribution in [0.5, 0.6) is 11.5 Å². The lowest BCUT2D eigenvalue weighted by Gasteiger charge is -2.10. The van der Waals surface area contributed by atoms with Gasteiger partial charge in [0.1, 0.15) is 5.92 Å². The van der Waals surface area contributed by atoms with Crippen molar-refractivity contribution in [3.8, 4) is 17.6 Å². The van der Waals surface area contributed by atoms with Gasteiger partial charge in [0.25, 0.3) is 0 Å². The highest BCUT2D eigenvalue weighted by atomic mass is 16.7. The number of ether oxygens (including phenoxy) is 3. The summed E-state index contributed by atoms with van der Waals surface area (Å²) in [4.78, 5) is 11.7. The molecule has 5 heteroatoms. The predicted octanol–water partition coefficient (Wildman–Crippen LogP) is 4.17. The lowest BCUT2D eigenvalue weighted by molar-refractivity contribution is -0.146. The Balaban J connectivity index is 1.83. The molecule has 0 radical (unpaired) electrons. The predicted molar refractivity (Wildman–Crippen MR) is 94.2 cm³/mol. The van der Waals surface area contributed by atoms with Crippen LogP contribution in [0, 0.1) is 17.2 Å². The Morgan fingerprint density at radius 2 is 2.16 bits per heavy atom. The van der Waals surface area contributed by atoms with E-state index >= 15 is 0 Å². The number of hydrogen-bond donors (Lipinski definition) is 0. The van der Waals surface area contributed by atoms with Crippen molar-refractivity contribution in [3.05, 3.63) is 35.4 Å². The lowest BCUT2D eigenvalue weighted by Crippen LogP contribution is -2.16. The Kier molecular flexibility index (Phi) is 7.34. The molecule has 5 nitrogen and oxygen atoms in total. The van der Waals surface area contributed by atoms with Crippen LogP contribution in [-0.4, -0.2) is 19.4 Å². The topological polar surface area (TPSA) is 68.6 Å². The van der Waals surface area contributed by atoms with Crippen molar-refractivity contribution in [1.82, 2.24) is 0 Å². The first-order valence-corrected chi connectivity index (χ1v) is 8.80. The summed E-state index contributed by atoms with van der Waals surface area (Å²) in [6.45, 7) is 4.44. The van der Waals surface area contributed by atoms with Crippen LogP contribution in [0.1, 0.15) is 45.1 Å². The van der Waals surface area contributed by atoms with Gasteiger partial charge in [0.05, 0.1) is 12.7 Å². The van der Waals surface area contributed by atoms with Crippen molar-refractivity contribution in [2.75, 3.05) is 13.4 Å². The molecule has 0 bridgehead atoms. The number of carbonyl (C=O) groups excluding carboxylic acids is 1. The monoisotopic (exact) mass is 343 g/mol. The summed E-state index contributed by atoms with van der Waals surface area (Å²) in [6, 6.07) is 8.06. The molecule has 2 rings (SSSR count). The molecule has 0 aliphatic carbocycles. The molecule has 0 aromatic heterocycles. The van der Waals surface area contributed by atoms with Crippen molar-refractivity contribution in [2.45, 2.75) is 46.0 Å². The summed E-state index contributed by atoms with van der Waals surface area (Å²) < 4.78 is 15.6. The summed E-state index contributed by atoms with van der Waals surface area (Å²) in [6.07, 6.45) is 6.22. The molecule has 0 N–H and O–H groups in total. The molecule has 25 heavy (non-hydrogen) atoms. The number of carbonyl (C=O) groups is 1. The lowest BCUT2D eigenvalue weighted by atomic mass is 9.98. The van der Waals surface area contributed by atoms with Gasteiger partial charge >= 0.3 is 5.97 Å². The third kappa shape index (κ3) is 5.53. The number of allylic oxidation sites excluding steroid dienone is 2. The third-order valence-electron chi connectivity index (χ3n) is 4.24. The number of nitrogens with zero attached hydrogens (tertiary/aromatic N) is 1. The molecule has 0 spiro atoms. The average Bonchev–Trinajstić information content (AvgIpc) is 3.08. The van der Waals surface area contributed by atoms with E-state index in [0.29, 0.717) is 19.8 Å². The first-order chi connectivity index (χ1) is 12.2. The van der Waals surface area contributed by atoms with Gasteiger partial charge in [-0.1, -0.05) is 24.6 Å². The van der Waals surface area contributed by atoms with Crippen molar-refractivity contribution in [3.63, 3.8) is 0 Å². The second-order valence-corrected chi connectivity index (χ2v) is 5.91. The fourth-order valence-electron chi connectivity index (χ4n) is 2.77. The Labute approximate surface area is 149 Å². The molecule has 134 valence electrons. The van der Waals surface area contributed by atoms with E-state index in [0.717, 1.165) is 37.2 Å². The van der Waals surface area contributed by atoms with Crippen LogP contribution in [0.4, 0.5) is 0 Å². The maximum absolute atomic E-state index is 11.7. The van der Waals surface area contributed by atoms with E-state index in [9.17, 15) is 4.79 Å². The van der Waals surface area contributed by atoms with Crippen molar-refractivity contribution >= 4 is 5.97 Å². The van der Waals surface area contributed by atoms with Crippen LogP contribution in [0.3, 0.4) is 0 Å². The highest BCUT2D eigenvalue weighted by Gasteiger charge is 2.19. The molecular formula is C20H25NO4. The minimum absolute atomic E-state index is 0.291. The van der Waals surface area contributed by atoms with E-state index < -0.39 is 11.9 Å². The van der Waals surface area contributed by atoms with E-state index in [1.807, 2.05) is 18.2 Å². The first-order valence-electron chi connectivity index (χ1n) is 8.80. The Bertz CT molecular complexity index is 660. The molecule has 0 fully saturated rings. The molecule has 1 atom stereocenters. The van der Waals surface area contributed by atoms with Crippen LogP contribution in [0.15, 0.2) is 29.8 Å². The van der Waals surface area contributed by atoms with Gasteiger partial charge in [-0.2, -0.15) is 5.26 Å². The van der Waals surface area contributed by atoms with Crippen LogP contribution < -0.4 is 9.47 Å². The quantitative estimate of drug-likeness (QED) is 0.497. The number of nitriles is 1. The third-order valence-corrected chi connectivity index (χ3v) is 4.24. The number of esters is 1. The fraction of sp³-hybridized carbons (Fsp3) is 0.500. The molecule has 1 aliphatic heterocycles. The van der Waals surface area contributed by atoms with E-state index in [1.54, 1.807) is 6.92 Å². The highest BCUT2D eigenvalue weighted by molar-refractivity contribution is 5.75. The van der Waals surface area contributed by atoms with E-state index in [2.05, 4.69) is 19.1 Å². The van der Waals surface area contributed by atoms with Crippen LogP contribution in [-0.2, 0) is 16.0 Å². The standard InChI is InChI=1S/C20H25NO4/c1-3-15(8-10-17(13-21)20(22)23-4-2)6-5-7-16-9-11-18-19(12-16)25-14-24-18/h6,9,11-12,17H,3-5,7-8,10,14H2,1-2H3/b15-6+. The number of benzene rings is 1. The zero-order valence-corrected chi connectivity index (χ0v) is 14.9. The summed E-state index contributed by atoms with van der Waals surface area (Å²) in [5.41, 5.74) is 2.47. The number of fused-ring (bicyclic) bond motifs is 1. The zero-order valence-electron chi connectivity index (χ0n) is 14.9. The van der Waals surface area contributed by atoms with Gasteiger partial charge in [-0.3, -0.25) is 4.79 Å². The first kappa shape index (κ1) is 18.9. The van der Waals surface area contributed by atoms with E-state index in [4.69, 9.17) is 19.5 Å². The Morgan fingerprint density at radius 1 is 1.36 bits per heavy atom. The van der Waals surface area contributed by atoms with Gasteiger partial charge in [-0.05, 0) is 56.7 Å². The van der Waals surface area contributed by atoms with Crippen LogP contribution in [0.25, 0.3) is 0 Å². The van der Waals surface area contributed by atoms with Crippen molar-refractivity contribution in [2.24, 2.45) is 5.92 Å². The van der Waals surface area contributed by atoms with E-state index in [-0.39, 0.29) is 0 Å². The maximum Gasteiger partial charge on any atom is 0.323 e. The molecule has 1 aromatic rings. The van der Waals surface area contributed by atoms with Crippen molar-refractivity contribution in [1.29, 1.82) is 5.26 Å². The van der Waals surface area contributed by atoms with Gasteiger partial charge in [-0.15, -0.1) is 0 Å². The largest absolute Gasteiger partial charge is 0.465 e. The van der Waals surface area contributed by atoms with Crippen LogP contribution >= 0.6 is 0 Å². The average molecular weight is 343 g/mol. The van der Waals surface area contributed by atoms with Gasteiger partial charge in [-0.25, -0.2) is 0 Å². The van der Waals surface area contributed by atoms with Gasteiger partial charge < -0.3 is 14.2 Å². The Morgan fingerprint density at radius 3 is 2.88 bits per heavy atom. The fourth-order valence-corrected chi connectivity index (χ4v) is 2.77. The summed E-state index contributed by atoms with van der Waals surface area (Å²) >= 11 is 0. The second kappa shape index (κ2) is 9.73. The molecule has 1 heterocycles. The number of hydrogen-bond acceptors (Lipinski definition) is 5. The molecule has 0 amide bonds. The zero-order chi connectivity index (χ0) is 18.1. The van der Waals surface area contributed by atoms with Gasteiger partial charge in [0, 0.05) is 0 Å². The summed E-state index contributed by atoms with van der Waals surface area (Å²) in [5, 5.41) is 9.12. The summed E-state index contributed by atoms with van der Waals surface area (Å²) in [5.74, 6) is 0.517. The minimum Gasteiger partial charge on any atom is -0.465 e. The normalized spacial score (nSPS) is 14.0. The molecule has 0 saturated carbocycles. The second-order valence-electron chi connectivity index (χ2n) is 5.91. The molecule has 1 aromatic carbocycles. The Hall–Kier alpha value is -2.48. The number of aryl methyl sites for hydroxylation is 1. The molecule has 1 aliphatic rings. The highest BCUT2D eigenvalue weighted by Crippen LogP contribution is 2.32. The van der Waals surface area contributed by atoms with Gasteiger partial charge in [0.2, 0.25) is 6.79 Å². The van der Waals surface area contributed by atoms with Crippen molar-refractivity contribution < 1.29 is 19.0 Å². The smallest absolute Gasteiger partial charge is 0.323 e. The van der Waals surface area contributed by atoms with E-state index in [1.165, 1.54) is 11.1 Å². The minimum atomic E-state index is -0.677.